The van der Waals surface area contributed by atoms with Gasteiger partial charge in [0.15, 0.2) is 0 Å². The van der Waals surface area contributed by atoms with Gasteiger partial charge in [-0.3, -0.25) is 0 Å². The second-order valence-electron chi connectivity index (χ2n) is 8.89. The molecule has 9 heteroatoms. The zero-order valence-electron chi connectivity index (χ0n) is 20.4. The summed E-state index contributed by atoms with van der Waals surface area (Å²) in [6.45, 7) is 2.59. The quantitative estimate of drug-likeness (QED) is 0.276. The standard InChI is InChI=1S/C28H27ClN4O3S/c1-36-22-11-5-19(6-12-22)18-33-27(26(28(34)35)30-31-33)37-23-13-14-24(25(29)17-23)20-7-9-21(10-8-20)32-15-3-2-4-16-32/h5-14,17H,2-4,15-16,18H2,1H3,(H,34,35). The van der Waals surface area contributed by atoms with Gasteiger partial charge in [0, 0.05) is 34.3 Å². The highest BCUT2D eigenvalue weighted by Gasteiger charge is 2.21. The molecule has 1 N–H and O–H groups in total. The minimum Gasteiger partial charge on any atom is -0.497 e. The Kier molecular flexibility index (Phi) is 7.67. The van der Waals surface area contributed by atoms with Gasteiger partial charge in [-0.05, 0) is 66.8 Å². The first-order valence-corrected chi connectivity index (χ1v) is 13.3. The molecule has 190 valence electrons. The summed E-state index contributed by atoms with van der Waals surface area (Å²) in [7, 11) is 1.61. The largest absolute Gasteiger partial charge is 0.497 e. The molecule has 0 amide bonds. The Morgan fingerprint density at radius 1 is 1.03 bits per heavy atom. The Morgan fingerprint density at radius 2 is 1.76 bits per heavy atom. The number of rotatable bonds is 8. The van der Waals surface area contributed by atoms with E-state index in [2.05, 4.69) is 39.5 Å². The second-order valence-corrected chi connectivity index (χ2v) is 10.4. The predicted molar refractivity (Wildman–Crippen MR) is 146 cm³/mol. The summed E-state index contributed by atoms with van der Waals surface area (Å²) in [4.78, 5) is 15.1. The topological polar surface area (TPSA) is 80.5 Å². The van der Waals surface area contributed by atoms with Gasteiger partial charge in [-0.25, -0.2) is 9.48 Å². The van der Waals surface area contributed by atoms with Gasteiger partial charge in [0.1, 0.15) is 10.8 Å². The molecule has 1 fully saturated rings. The number of ether oxygens (including phenoxy) is 1. The number of aromatic nitrogens is 3. The highest BCUT2D eigenvalue weighted by Crippen LogP contribution is 2.36. The van der Waals surface area contributed by atoms with E-state index in [1.54, 1.807) is 11.8 Å². The van der Waals surface area contributed by atoms with Gasteiger partial charge < -0.3 is 14.7 Å². The second kappa shape index (κ2) is 11.3. The molecule has 37 heavy (non-hydrogen) atoms. The maximum atomic E-state index is 11.8. The molecule has 3 aromatic carbocycles. The van der Waals surface area contributed by atoms with Crippen LogP contribution in [0.3, 0.4) is 0 Å². The molecule has 4 aromatic rings. The lowest BCUT2D eigenvalue weighted by Crippen LogP contribution is -2.29. The molecule has 7 nitrogen and oxygen atoms in total. The summed E-state index contributed by atoms with van der Waals surface area (Å²) >= 11 is 7.99. The molecule has 0 bridgehead atoms. The number of carboxylic acid groups (broad SMARTS) is 1. The fourth-order valence-electron chi connectivity index (χ4n) is 4.46. The number of piperidine rings is 1. The Hall–Kier alpha value is -3.49. The van der Waals surface area contributed by atoms with Crippen LogP contribution in [0.1, 0.15) is 35.3 Å². The van der Waals surface area contributed by atoms with E-state index >= 15 is 0 Å². The SMILES string of the molecule is COc1ccc(Cn2nnc(C(=O)O)c2Sc2ccc(-c3ccc(N4CCCCC4)cc3)c(Cl)c2)cc1. The van der Waals surface area contributed by atoms with Crippen molar-refractivity contribution < 1.29 is 14.6 Å². The van der Waals surface area contributed by atoms with E-state index in [9.17, 15) is 9.90 Å². The lowest BCUT2D eigenvalue weighted by molar-refractivity contribution is 0.0686. The normalized spacial score (nSPS) is 13.5. The van der Waals surface area contributed by atoms with E-state index < -0.39 is 5.97 Å². The molecule has 5 rings (SSSR count). The van der Waals surface area contributed by atoms with Crippen LogP contribution in [0.5, 0.6) is 5.75 Å². The Bertz CT molecular complexity index is 1380. The summed E-state index contributed by atoms with van der Waals surface area (Å²) in [5, 5.41) is 18.7. The summed E-state index contributed by atoms with van der Waals surface area (Å²) in [6.07, 6.45) is 3.79. The lowest BCUT2D eigenvalue weighted by atomic mass is 10.0. The molecule has 1 aromatic heterocycles. The van der Waals surface area contributed by atoms with Crippen LogP contribution in [0.15, 0.2) is 76.7 Å². The van der Waals surface area contributed by atoms with Crippen molar-refractivity contribution in [3.63, 3.8) is 0 Å². The van der Waals surface area contributed by atoms with E-state index in [0.29, 0.717) is 16.6 Å². The summed E-state index contributed by atoms with van der Waals surface area (Å²) in [5.41, 5.74) is 4.07. The fourth-order valence-corrected chi connectivity index (χ4v) is 5.78. The van der Waals surface area contributed by atoms with Crippen molar-refractivity contribution in [3.05, 3.63) is 83.0 Å². The first kappa shape index (κ1) is 25.2. The van der Waals surface area contributed by atoms with Gasteiger partial charge in [0.25, 0.3) is 0 Å². The van der Waals surface area contributed by atoms with Crippen molar-refractivity contribution in [3.8, 4) is 16.9 Å². The maximum Gasteiger partial charge on any atom is 0.359 e. The van der Waals surface area contributed by atoms with Gasteiger partial charge in [0.05, 0.1) is 13.7 Å². The Labute approximate surface area is 225 Å². The van der Waals surface area contributed by atoms with Crippen molar-refractivity contribution >= 4 is 35.0 Å². The number of methoxy groups -OCH3 is 1. The molecule has 2 heterocycles. The van der Waals surface area contributed by atoms with Crippen LogP contribution in [0.4, 0.5) is 5.69 Å². The van der Waals surface area contributed by atoms with Gasteiger partial charge in [-0.2, -0.15) is 0 Å². The average Bonchev–Trinajstić information content (AvgIpc) is 3.32. The minimum absolute atomic E-state index is 0.0907. The van der Waals surface area contributed by atoms with Crippen molar-refractivity contribution in [2.75, 3.05) is 25.1 Å². The molecule has 0 radical (unpaired) electrons. The first-order valence-electron chi connectivity index (χ1n) is 12.1. The molecule has 1 aliphatic heterocycles. The van der Waals surface area contributed by atoms with Crippen molar-refractivity contribution in [1.82, 2.24) is 15.0 Å². The number of hydrogen-bond donors (Lipinski definition) is 1. The molecule has 1 saturated heterocycles. The third-order valence-electron chi connectivity index (χ3n) is 6.44. The molecule has 0 aliphatic carbocycles. The van der Waals surface area contributed by atoms with Crippen LogP contribution in [0, 0.1) is 0 Å². The average molecular weight is 535 g/mol. The Morgan fingerprint density at radius 3 is 2.41 bits per heavy atom. The number of carbonyl (C=O) groups is 1. The minimum atomic E-state index is -1.13. The maximum absolute atomic E-state index is 11.8. The van der Waals surface area contributed by atoms with Crippen LogP contribution < -0.4 is 9.64 Å². The third-order valence-corrected chi connectivity index (χ3v) is 7.84. The lowest BCUT2D eigenvalue weighted by Gasteiger charge is -2.28. The van der Waals surface area contributed by atoms with E-state index in [1.807, 2.05) is 42.5 Å². The Balaban J connectivity index is 1.36. The zero-order chi connectivity index (χ0) is 25.8. The molecular weight excluding hydrogens is 508 g/mol. The molecule has 0 unspecified atom stereocenters. The van der Waals surface area contributed by atoms with Crippen LogP contribution in [0.2, 0.25) is 5.02 Å². The van der Waals surface area contributed by atoms with Crippen LogP contribution in [-0.2, 0) is 6.54 Å². The fraction of sp³-hybridized carbons (Fsp3) is 0.250. The number of carboxylic acids is 1. The highest BCUT2D eigenvalue weighted by atomic mass is 35.5. The van der Waals surface area contributed by atoms with Crippen LogP contribution >= 0.6 is 23.4 Å². The van der Waals surface area contributed by atoms with Crippen molar-refractivity contribution in [2.45, 2.75) is 35.7 Å². The molecule has 0 atom stereocenters. The van der Waals surface area contributed by atoms with Crippen molar-refractivity contribution in [1.29, 1.82) is 0 Å². The van der Waals surface area contributed by atoms with E-state index in [1.165, 1.54) is 36.7 Å². The molecular formula is C28H27ClN4O3S. The van der Waals surface area contributed by atoms with Gasteiger partial charge in [-0.15, -0.1) is 5.10 Å². The van der Waals surface area contributed by atoms with Gasteiger partial charge in [-0.1, -0.05) is 58.9 Å². The smallest absolute Gasteiger partial charge is 0.359 e. The van der Waals surface area contributed by atoms with Crippen LogP contribution in [0.25, 0.3) is 11.1 Å². The summed E-state index contributed by atoms with van der Waals surface area (Å²) < 4.78 is 6.81. The van der Waals surface area contributed by atoms with Gasteiger partial charge in [0.2, 0.25) is 5.69 Å². The third kappa shape index (κ3) is 5.76. The molecule has 1 aliphatic rings. The van der Waals surface area contributed by atoms with E-state index in [0.717, 1.165) is 40.4 Å². The summed E-state index contributed by atoms with van der Waals surface area (Å²) in [5.74, 6) is -0.376. The number of anilines is 1. The number of halogens is 1. The molecule has 0 saturated carbocycles. The summed E-state index contributed by atoms with van der Waals surface area (Å²) in [6, 6.07) is 21.8. The van der Waals surface area contributed by atoms with E-state index in [4.69, 9.17) is 16.3 Å². The first-order chi connectivity index (χ1) is 18.0. The van der Waals surface area contributed by atoms with E-state index in [-0.39, 0.29) is 5.69 Å². The predicted octanol–water partition coefficient (Wildman–Crippen LogP) is 6.50. The number of benzene rings is 3. The molecule has 0 spiro atoms. The number of hydrogen-bond acceptors (Lipinski definition) is 6. The number of aromatic carboxylic acids is 1. The number of nitrogens with zero attached hydrogens (tertiary/aromatic N) is 4. The monoisotopic (exact) mass is 534 g/mol. The highest BCUT2D eigenvalue weighted by molar-refractivity contribution is 7.99. The van der Waals surface area contributed by atoms with Crippen LogP contribution in [-0.4, -0.2) is 46.3 Å². The van der Waals surface area contributed by atoms with Gasteiger partial charge >= 0.3 is 5.97 Å². The zero-order valence-corrected chi connectivity index (χ0v) is 22.0. The van der Waals surface area contributed by atoms with Crippen molar-refractivity contribution in [2.24, 2.45) is 0 Å².